The van der Waals surface area contributed by atoms with Gasteiger partial charge in [-0.25, -0.2) is 4.98 Å². The molecule has 0 unspecified atom stereocenters. The Morgan fingerprint density at radius 3 is 2.59 bits per heavy atom. The van der Waals surface area contributed by atoms with Crippen LogP contribution >= 0.6 is 0 Å². The summed E-state index contributed by atoms with van der Waals surface area (Å²) in [6, 6.07) is 9.35. The van der Waals surface area contributed by atoms with Crippen molar-refractivity contribution in [3.63, 3.8) is 0 Å². The van der Waals surface area contributed by atoms with Crippen LogP contribution < -0.4 is 10.5 Å². The highest BCUT2D eigenvalue weighted by Crippen LogP contribution is 2.36. The molecule has 1 saturated heterocycles. The minimum atomic E-state index is -4.53. The van der Waals surface area contributed by atoms with E-state index in [4.69, 9.17) is 10.5 Å². The fourth-order valence-electron chi connectivity index (χ4n) is 6.20. The first-order chi connectivity index (χ1) is 22.0. The van der Waals surface area contributed by atoms with Gasteiger partial charge >= 0.3 is 6.18 Å². The van der Waals surface area contributed by atoms with Crippen LogP contribution in [-0.4, -0.2) is 81.2 Å². The predicted molar refractivity (Wildman–Crippen MR) is 165 cm³/mol. The Balaban J connectivity index is 1.19. The number of nitrogens with one attached hydrogen (secondary N) is 1. The minimum absolute atomic E-state index is 0.0334. The van der Waals surface area contributed by atoms with Gasteiger partial charge in [0.1, 0.15) is 22.8 Å². The first-order valence-corrected chi connectivity index (χ1v) is 15.3. The van der Waals surface area contributed by atoms with Crippen LogP contribution in [-0.2, 0) is 30.5 Å². The lowest BCUT2D eigenvalue weighted by molar-refractivity contribution is -0.138. The predicted octanol–water partition coefficient (Wildman–Crippen LogP) is 4.69. The van der Waals surface area contributed by atoms with Gasteiger partial charge in [-0.1, -0.05) is 19.1 Å². The molecule has 0 radical (unpaired) electrons. The van der Waals surface area contributed by atoms with E-state index in [2.05, 4.69) is 19.9 Å². The molecule has 0 spiro atoms. The Morgan fingerprint density at radius 2 is 1.87 bits per heavy atom. The third-order valence-electron chi connectivity index (χ3n) is 8.82. The van der Waals surface area contributed by atoms with Crippen LogP contribution in [0.1, 0.15) is 57.7 Å². The molecule has 0 bridgehead atoms. The number of fused-ring (bicyclic) bond motifs is 2. The van der Waals surface area contributed by atoms with Gasteiger partial charge in [0.15, 0.2) is 0 Å². The summed E-state index contributed by atoms with van der Waals surface area (Å²) in [5.74, 6) is -0.0248. The zero-order valence-corrected chi connectivity index (χ0v) is 25.7. The summed E-state index contributed by atoms with van der Waals surface area (Å²) in [7, 11) is 2.00. The van der Waals surface area contributed by atoms with Crippen molar-refractivity contribution in [2.24, 2.45) is 5.73 Å². The Labute approximate surface area is 264 Å². The molecule has 2 aliphatic heterocycles. The SMILES string of the molecule is CC[C@H]1CN(C(=O)Cc2ccc(CN3CCN(C)CC3)c(C(F)(F)F)c2)Cc2cc(Oc3ccnc4[nH]c(C(N)=O)cc34)cnc21. The number of alkyl halides is 3. The molecule has 0 saturated carbocycles. The highest BCUT2D eigenvalue weighted by molar-refractivity contribution is 5.97. The van der Waals surface area contributed by atoms with Crippen molar-refractivity contribution in [3.8, 4) is 11.5 Å². The molecule has 0 aliphatic carbocycles. The van der Waals surface area contributed by atoms with Crippen molar-refractivity contribution in [2.45, 2.75) is 44.9 Å². The molecule has 3 aromatic heterocycles. The molecule has 1 fully saturated rings. The van der Waals surface area contributed by atoms with E-state index in [1.54, 1.807) is 35.5 Å². The normalized spacial score (nSPS) is 17.7. The third-order valence-corrected chi connectivity index (χ3v) is 8.82. The van der Waals surface area contributed by atoms with Gasteiger partial charge in [0.05, 0.1) is 29.3 Å². The summed E-state index contributed by atoms with van der Waals surface area (Å²) in [4.78, 5) is 42.8. The number of nitrogens with two attached hydrogens (primary N) is 1. The number of halogens is 3. The lowest BCUT2D eigenvalue weighted by atomic mass is 9.92. The van der Waals surface area contributed by atoms with Crippen molar-refractivity contribution < 1.29 is 27.5 Å². The summed E-state index contributed by atoms with van der Waals surface area (Å²) in [6.07, 6.45) is -0.773. The van der Waals surface area contributed by atoms with Crippen LogP contribution in [0.5, 0.6) is 11.5 Å². The number of hydrogen-bond donors (Lipinski definition) is 2. The summed E-state index contributed by atoms with van der Waals surface area (Å²) in [6.45, 7) is 5.95. The number of benzene rings is 1. The van der Waals surface area contributed by atoms with E-state index in [0.717, 1.165) is 36.8 Å². The number of carbonyl (C=O) groups excluding carboxylic acids is 2. The largest absolute Gasteiger partial charge is 0.455 e. The Hall–Kier alpha value is -4.49. The highest BCUT2D eigenvalue weighted by Gasteiger charge is 2.35. The van der Waals surface area contributed by atoms with E-state index in [9.17, 15) is 22.8 Å². The van der Waals surface area contributed by atoms with Crippen molar-refractivity contribution in [1.82, 2.24) is 29.7 Å². The molecule has 5 heterocycles. The quantitative estimate of drug-likeness (QED) is 0.288. The Bertz CT molecular complexity index is 1770. The van der Waals surface area contributed by atoms with Gasteiger partial charge in [-0.2, -0.15) is 13.2 Å². The van der Waals surface area contributed by atoms with E-state index in [1.165, 1.54) is 6.07 Å². The van der Waals surface area contributed by atoms with Crippen LogP contribution in [0, 0.1) is 0 Å². The maximum Gasteiger partial charge on any atom is 0.416 e. The van der Waals surface area contributed by atoms with E-state index in [1.807, 2.05) is 24.9 Å². The molecule has 46 heavy (non-hydrogen) atoms. The lowest BCUT2D eigenvalue weighted by Gasteiger charge is -2.34. The molecule has 242 valence electrons. The first-order valence-electron chi connectivity index (χ1n) is 15.3. The number of hydrogen-bond acceptors (Lipinski definition) is 7. The zero-order valence-electron chi connectivity index (χ0n) is 25.7. The molecule has 6 rings (SSSR count). The summed E-state index contributed by atoms with van der Waals surface area (Å²) < 4.78 is 48.6. The van der Waals surface area contributed by atoms with Crippen LogP contribution in [0.25, 0.3) is 11.0 Å². The van der Waals surface area contributed by atoms with E-state index in [-0.39, 0.29) is 42.6 Å². The number of aromatic nitrogens is 3. The molecule has 13 heteroatoms. The standard InChI is InChI=1S/C33H36F3N7O3/c1-3-21-18-43(29(44)13-20-4-5-22(26(12-20)33(34,35)36)17-42-10-8-41(2)9-11-42)19-23-14-24(16-39-30(21)23)46-28-6-7-38-32-25(28)15-27(40-32)31(37)45/h4-7,12,14-16,21H,3,8-11,13,17-19H2,1-2H3,(H2,37,45)(H,38,40)/t21-/m0/s1. The number of nitrogens with zero attached hydrogens (tertiary/aromatic N) is 5. The second-order valence-electron chi connectivity index (χ2n) is 12.1. The minimum Gasteiger partial charge on any atom is -0.455 e. The molecule has 2 aliphatic rings. The third kappa shape index (κ3) is 6.70. The van der Waals surface area contributed by atoms with Crippen molar-refractivity contribution in [1.29, 1.82) is 0 Å². The monoisotopic (exact) mass is 635 g/mol. The molecular weight excluding hydrogens is 599 g/mol. The molecule has 1 atom stereocenters. The second kappa shape index (κ2) is 12.7. The van der Waals surface area contributed by atoms with Gasteiger partial charge in [0, 0.05) is 57.9 Å². The van der Waals surface area contributed by atoms with Gasteiger partial charge in [0.25, 0.3) is 5.91 Å². The Kier molecular flexibility index (Phi) is 8.71. The smallest absolute Gasteiger partial charge is 0.416 e. The number of aromatic amines is 1. The van der Waals surface area contributed by atoms with Crippen molar-refractivity contribution in [2.75, 3.05) is 39.8 Å². The molecule has 10 nitrogen and oxygen atoms in total. The average molecular weight is 636 g/mol. The number of primary amides is 1. The topological polar surface area (TPSA) is 121 Å². The van der Waals surface area contributed by atoms with E-state index < -0.39 is 17.6 Å². The lowest BCUT2D eigenvalue weighted by Crippen LogP contribution is -2.44. The summed E-state index contributed by atoms with van der Waals surface area (Å²) in [5.41, 5.74) is 7.59. The molecule has 2 amide bonds. The number of H-pyrrole nitrogens is 1. The second-order valence-corrected chi connectivity index (χ2v) is 12.1. The number of rotatable bonds is 8. The highest BCUT2D eigenvalue weighted by atomic mass is 19.4. The first kappa shape index (κ1) is 31.5. The number of pyridine rings is 2. The number of likely N-dealkylation sites (N-methyl/N-ethyl adjacent to an activating group) is 1. The molecule has 1 aromatic carbocycles. The Morgan fingerprint density at radius 1 is 1.09 bits per heavy atom. The number of ether oxygens (including phenoxy) is 1. The fraction of sp³-hybridized carbons (Fsp3) is 0.394. The molecular formula is C33H36F3N7O3. The maximum atomic E-state index is 14.1. The zero-order chi connectivity index (χ0) is 32.6. The van der Waals surface area contributed by atoms with Gasteiger partial charge in [-0.15, -0.1) is 0 Å². The summed E-state index contributed by atoms with van der Waals surface area (Å²) >= 11 is 0. The van der Waals surface area contributed by atoms with Crippen LogP contribution in [0.3, 0.4) is 0 Å². The van der Waals surface area contributed by atoms with E-state index >= 15 is 0 Å². The summed E-state index contributed by atoms with van der Waals surface area (Å²) in [5, 5.41) is 0.574. The molecule has 3 N–H and O–H groups in total. The average Bonchev–Trinajstić information content (AvgIpc) is 3.48. The molecule has 4 aromatic rings. The number of amides is 2. The van der Waals surface area contributed by atoms with Crippen molar-refractivity contribution >= 4 is 22.8 Å². The number of piperazine rings is 1. The maximum absolute atomic E-state index is 14.1. The van der Waals surface area contributed by atoms with Crippen LogP contribution in [0.4, 0.5) is 13.2 Å². The van der Waals surface area contributed by atoms with Gasteiger partial charge in [-0.05, 0) is 54.4 Å². The van der Waals surface area contributed by atoms with Crippen LogP contribution in [0.15, 0.2) is 48.8 Å². The van der Waals surface area contributed by atoms with Crippen molar-refractivity contribution in [3.05, 3.63) is 82.4 Å². The van der Waals surface area contributed by atoms with Crippen LogP contribution in [0.2, 0.25) is 0 Å². The van der Waals surface area contributed by atoms with Gasteiger partial charge < -0.3 is 25.3 Å². The number of carbonyl (C=O) groups is 2. The van der Waals surface area contributed by atoms with E-state index in [0.29, 0.717) is 47.7 Å². The van der Waals surface area contributed by atoms with Gasteiger partial charge in [0.2, 0.25) is 5.91 Å². The fourth-order valence-corrected chi connectivity index (χ4v) is 6.20. The van der Waals surface area contributed by atoms with Gasteiger partial charge in [-0.3, -0.25) is 19.5 Å².